The van der Waals surface area contributed by atoms with E-state index in [1.807, 2.05) is 19.1 Å². The van der Waals surface area contributed by atoms with Gasteiger partial charge in [-0.3, -0.25) is 14.6 Å². The third-order valence-electron chi connectivity index (χ3n) is 3.73. The zero-order valence-corrected chi connectivity index (χ0v) is 10.9. The zero-order valence-electron chi connectivity index (χ0n) is 10.9. The van der Waals surface area contributed by atoms with Crippen molar-refractivity contribution in [1.82, 2.24) is 10.3 Å². The second kappa shape index (κ2) is 5.82. The van der Waals surface area contributed by atoms with Gasteiger partial charge in [-0.2, -0.15) is 0 Å². The molecule has 1 saturated carbocycles. The molecule has 1 aromatic heterocycles. The molecule has 2 N–H and O–H groups in total. The molecule has 1 heterocycles. The fourth-order valence-electron chi connectivity index (χ4n) is 2.63. The second-order valence-electron chi connectivity index (χ2n) is 4.99. The van der Waals surface area contributed by atoms with Crippen LogP contribution < -0.4 is 5.32 Å². The average Bonchev–Trinajstić information content (AvgIpc) is 2.89. The summed E-state index contributed by atoms with van der Waals surface area (Å²) in [6.45, 7) is 1.89. The molecule has 1 unspecified atom stereocenters. The van der Waals surface area contributed by atoms with E-state index in [-0.39, 0.29) is 11.9 Å². The Labute approximate surface area is 112 Å². The quantitative estimate of drug-likeness (QED) is 0.866. The van der Waals surface area contributed by atoms with Gasteiger partial charge in [-0.05, 0) is 37.5 Å². The Morgan fingerprint density at radius 3 is 2.58 bits per heavy atom. The van der Waals surface area contributed by atoms with Gasteiger partial charge >= 0.3 is 5.97 Å². The number of nitrogens with zero attached hydrogens (tertiary/aromatic N) is 1. The first-order chi connectivity index (χ1) is 9.09. The van der Waals surface area contributed by atoms with Crippen LogP contribution in [0.25, 0.3) is 0 Å². The minimum Gasteiger partial charge on any atom is -0.481 e. The molecule has 5 nitrogen and oxygen atoms in total. The summed E-state index contributed by atoms with van der Waals surface area (Å²) in [7, 11) is 0. The number of carboxylic acids is 1. The van der Waals surface area contributed by atoms with Gasteiger partial charge in [0.2, 0.25) is 5.91 Å². The van der Waals surface area contributed by atoms with Crippen molar-refractivity contribution in [3.63, 3.8) is 0 Å². The average molecular weight is 262 g/mol. The van der Waals surface area contributed by atoms with E-state index in [0.717, 1.165) is 12.0 Å². The molecule has 1 aliphatic carbocycles. The lowest BCUT2D eigenvalue weighted by Crippen LogP contribution is -2.36. The van der Waals surface area contributed by atoms with Crippen molar-refractivity contribution in [3.8, 4) is 0 Å². The minimum atomic E-state index is -0.866. The molecule has 1 aliphatic rings. The smallest absolute Gasteiger partial charge is 0.307 e. The van der Waals surface area contributed by atoms with Crippen molar-refractivity contribution in [2.24, 2.45) is 11.8 Å². The predicted molar refractivity (Wildman–Crippen MR) is 69.3 cm³/mol. The Bertz CT molecular complexity index is 461. The van der Waals surface area contributed by atoms with E-state index in [2.05, 4.69) is 10.3 Å². The predicted octanol–water partition coefficient (Wildman–Crippen LogP) is 1.76. The molecule has 2 rings (SSSR count). The molecule has 0 radical (unpaired) electrons. The van der Waals surface area contributed by atoms with E-state index in [1.54, 1.807) is 12.4 Å². The van der Waals surface area contributed by atoms with Crippen LogP contribution >= 0.6 is 0 Å². The highest BCUT2D eigenvalue weighted by molar-refractivity contribution is 5.85. The highest BCUT2D eigenvalue weighted by atomic mass is 16.4. The van der Waals surface area contributed by atoms with Crippen LogP contribution in [0.3, 0.4) is 0 Å². The van der Waals surface area contributed by atoms with Crippen LogP contribution in [-0.4, -0.2) is 22.0 Å². The Hall–Kier alpha value is -1.91. The maximum absolute atomic E-state index is 12.2. The van der Waals surface area contributed by atoms with Gasteiger partial charge in [-0.1, -0.05) is 6.42 Å². The van der Waals surface area contributed by atoms with Crippen molar-refractivity contribution in [2.45, 2.75) is 32.2 Å². The zero-order chi connectivity index (χ0) is 13.8. The molecule has 1 amide bonds. The van der Waals surface area contributed by atoms with Crippen LogP contribution in [0.1, 0.15) is 37.8 Å². The van der Waals surface area contributed by atoms with Crippen molar-refractivity contribution >= 4 is 11.9 Å². The molecule has 1 fully saturated rings. The largest absolute Gasteiger partial charge is 0.481 e. The summed E-state index contributed by atoms with van der Waals surface area (Å²) in [5.74, 6) is -1.96. The lowest BCUT2D eigenvalue weighted by molar-refractivity contribution is -0.146. The minimum absolute atomic E-state index is 0.134. The molecule has 19 heavy (non-hydrogen) atoms. The molecule has 0 aliphatic heterocycles. The Kier molecular flexibility index (Phi) is 4.14. The van der Waals surface area contributed by atoms with E-state index in [4.69, 9.17) is 5.11 Å². The monoisotopic (exact) mass is 262 g/mol. The topological polar surface area (TPSA) is 79.3 Å². The second-order valence-corrected chi connectivity index (χ2v) is 4.99. The third kappa shape index (κ3) is 3.10. The summed E-state index contributed by atoms with van der Waals surface area (Å²) in [5, 5.41) is 12.0. The highest BCUT2D eigenvalue weighted by Gasteiger charge is 2.38. The number of rotatable bonds is 4. The summed E-state index contributed by atoms with van der Waals surface area (Å²) in [6.07, 6.45) is 5.41. The molecule has 0 spiro atoms. The van der Waals surface area contributed by atoms with Gasteiger partial charge in [0.1, 0.15) is 0 Å². The molecule has 0 bridgehead atoms. The van der Waals surface area contributed by atoms with Gasteiger partial charge in [-0.15, -0.1) is 0 Å². The molecular weight excluding hydrogens is 244 g/mol. The summed E-state index contributed by atoms with van der Waals surface area (Å²) >= 11 is 0. The number of hydrogen-bond donors (Lipinski definition) is 2. The number of nitrogens with one attached hydrogen (secondary N) is 1. The van der Waals surface area contributed by atoms with Crippen molar-refractivity contribution in [3.05, 3.63) is 30.1 Å². The maximum Gasteiger partial charge on any atom is 0.307 e. The number of aromatic nitrogens is 1. The molecule has 0 aromatic carbocycles. The number of carboxylic acid groups (broad SMARTS) is 1. The summed E-state index contributed by atoms with van der Waals surface area (Å²) < 4.78 is 0. The Morgan fingerprint density at radius 1 is 1.32 bits per heavy atom. The summed E-state index contributed by atoms with van der Waals surface area (Å²) in [6, 6.07) is 3.55. The Balaban J connectivity index is 1.99. The molecule has 1 aromatic rings. The van der Waals surface area contributed by atoms with E-state index in [1.165, 1.54) is 0 Å². The van der Waals surface area contributed by atoms with Crippen LogP contribution in [0.5, 0.6) is 0 Å². The molecule has 102 valence electrons. The highest BCUT2D eigenvalue weighted by Crippen LogP contribution is 2.32. The number of carbonyl (C=O) groups is 2. The van der Waals surface area contributed by atoms with Gasteiger partial charge < -0.3 is 10.4 Å². The number of pyridine rings is 1. The van der Waals surface area contributed by atoms with E-state index < -0.39 is 17.8 Å². The first-order valence-electron chi connectivity index (χ1n) is 6.52. The lowest BCUT2D eigenvalue weighted by Gasteiger charge is -2.19. The third-order valence-corrected chi connectivity index (χ3v) is 3.73. The van der Waals surface area contributed by atoms with Gasteiger partial charge in [0.05, 0.1) is 17.9 Å². The molecule has 5 heteroatoms. The molecule has 3 atom stereocenters. The summed E-state index contributed by atoms with van der Waals surface area (Å²) in [5.41, 5.74) is 0.966. The number of amides is 1. The van der Waals surface area contributed by atoms with Crippen molar-refractivity contribution in [2.75, 3.05) is 0 Å². The van der Waals surface area contributed by atoms with E-state index in [9.17, 15) is 9.59 Å². The van der Waals surface area contributed by atoms with Gasteiger partial charge in [0, 0.05) is 12.4 Å². The normalized spacial score (nSPS) is 23.8. The van der Waals surface area contributed by atoms with Crippen LogP contribution in [0, 0.1) is 11.8 Å². The van der Waals surface area contributed by atoms with Crippen LogP contribution in [0.2, 0.25) is 0 Å². The molecular formula is C14H18N2O3. The number of hydrogen-bond acceptors (Lipinski definition) is 3. The van der Waals surface area contributed by atoms with E-state index >= 15 is 0 Å². The first kappa shape index (κ1) is 13.5. The van der Waals surface area contributed by atoms with E-state index in [0.29, 0.717) is 12.8 Å². The Morgan fingerprint density at radius 2 is 1.95 bits per heavy atom. The standard InChI is InChI=1S/C14H18N2O3/c1-9(10-5-7-15-8-6-10)16-13(17)11-3-2-4-12(11)14(18)19/h5-9,11-12H,2-4H2,1H3,(H,16,17)(H,18,19)/t9?,11-,12+/m1/s1. The van der Waals surface area contributed by atoms with Crippen molar-refractivity contribution < 1.29 is 14.7 Å². The molecule has 0 saturated heterocycles. The van der Waals surface area contributed by atoms with Crippen molar-refractivity contribution in [1.29, 1.82) is 0 Å². The lowest BCUT2D eigenvalue weighted by atomic mass is 9.95. The fourth-order valence-corrected chi connectivity index (χ4v) is 2.63. The van der Waals surface area contributed by atoms with Crippen LogP contribution in [-0.2, 0) is 9.59 Å². The van der Waals surface area contributed by atoms with Gasteiger partial charge in [0.25, 0.3) is 0 Å². The van der Waals surface area contributed by atoms with Crippen LogP contribution in [0.4, 0.5) is 0 Å². The fraction of sp³-hybridized carbons (Fsp3) is 0.500. The SMILES string of the molecule is CC(NC(=O)[C@@H]1CCC[C@@H]1C(=O)O)c1ccncc1. The number of carbonyl (C=O) groups excluding carboxylic acids is 1. The maximum atomic E-state index is 12.2. The first-order valence-corrected chi connectivity index (χ1v) is 6.52. The van der Waals surface area contributed by atoms with Crippen LogP contribution in [0.15, 0.2) is 24.5 Å². The van der Waals surface area contributed by atoms with Gasteiger partial charge in [-0.25, -0.2) is 0 Å². The van der Waals surface area contributed by atoms with Gasteiger partial charge in [0.15, 0.2) is 0 Å². The summed E-state index contributed by atoms with van der Waals surface area (Å²) in [4.78, 5) is 27.2. The number of aliphatic carboxylic acids is 1.